The van der Waals surface area contributed by atoms with E-state index in [9.17, 15) is 23.6 Å². The van der Waals surface area contributed by atoms with E-state index >= 15 is 0 Å². The van der Waals surface area contributed by atoms with Crippen molar-refractivity contribution < 1.29 is 28.3 Å². The van der Waals surface area contributed by atoms with E-state index in [1.165, 1.54) is 30.2 Å². The molecule has 1 unspecified atom stereocenters. The van der Waals surface area contributed by atoms with Crippen molar-refractivity contribution >= 4 is 23.7 Å². The molecular weight excluding hydrogens is 405 g/mol. The fraction of sp³-hybridized carbons (Fsp3) is 0.545. The van der Waals surface area contributed by atoms with Gasteiger partial charge in [0.25, 0.3) is 0 Å². The Morgan fingerprint density at radius 1 is 1.26 bits per heavy atom. The van der Waals surface area contributed by atoms with E-state index in [-0.39, 0.29) is 24.9 Å². The normalized spacial score (nSPS) is 23.7. The first-order valence-electron chi connectivity index (χ1n) is 10.3. The molecule has 0 saturated carbocycles. The zero-order valence-electron chi connectivity index (χ0n) is 18.1. The monoisotopic (exact) mass is 433 g/mol. The summed E-state index contributed by atoms with van der Waals surface area (Å²) in [6.07, 6.45) is 0.417. The summed E-state index contributed by atoms with van der Waals surface area (Å²) in [6.45, 7) is 0.956. The minimum Gasteiger partial charge on any atom is -0.467 e. The van der Waals surface area contributed by atoms with Gasteiger partial charge in [-0.2, -0.15) is 0 Å². The maximum absolute atomic E-state index is 14.8. The highest BCUT2D eigenvalue weighted by Gasteiger charge is 2.55. The van der Waals surface area contributed by atoms with E-state index in [4.69, 9.17) is 4.74 Å². The van der Waals surface area contributed by atoms with Crippen molar-refractivity contribution in [3.8, 4) is 0 Å². The van der Waals surface area contributed by atoms with Crippen LogP contribution in [0.1, 0.15) is 31.2 Å². The number of ether oxygens (including phenoxy) is 1. The summed E-state index contributed by atoms with van der Waals surface area (Å²) in [5, 5.41) is 0. The van der Waals surface area contributed by atoms with Crippen LogP contribution in [0.15, 0.2) is 24.3 Å². The minimum absolute atomic E-state index is 0.0304. The molecule has 0 spiro atoms. The van der Waals surface area contributed by atoms with Crippen LogP contribution in [0, 0.1) is 5.82 Å². The number of likely N-dealkylation sites (N-methyl/N-ethyl adjacent to an activating group) is 1. The Kier molecular flexibility index (Phi) is 6.74. The molecule has 0 bridgehead atoms. The predicted octanol–water partition coefficient (Wildman–Crippen LogP) is 0.938. The number of hydrogen-bond donors (Lipinski definition) is 0. The zero-order valence-corrected chi connectivity index (χ0v) is 18.1. The van der Waals surface area contributed by atoms with Crippen molar-refractivity contribution in [1.82, 2.24) is 14.7 Å². The Balaban J connectivity index is 1.96. The molecule has 3 amide bonds. The quantitative estimate of drug-likeness (QED) is 0.470. The molecule has 2 aliphatic rings. The molecule has 2 fully saturated rings. The molecule has 9 heteroatoms. The Labute approximate surface area is 180 Å². The molecule has 3 rings (SSSR count). The molecule has 168 valence electrons. The van der Waals surface area contributed by atoms with E-state index in [1.807, 2.05) is 19.0 Å². The van der Waals surface area contributed by atoms with Gasteiger partial charge in [0.2, 0.25) is 17.7 Å². The van der Waals surface area contributed by atoms with Gasteiger partial charge in [-0.25, -0.2) is 9.18 Å². The van der Waals surface area contributed by atoms with Crippen LogP contribution in [0.2, 0.25) is 0 Å². The van der Waals surface area contributed by atoms with Crippen LogP contribution in [0.3, 0.4) is 0 Å². The van der Waals surface area contributed by atoms with E-state index in [0.29, 0.717) is 25.9 Å². The number of likely N-dealkylation sites (tertiary alicyclic amines) is 2. The fourth-order valence-electron chi connectivity index (χ4n) is 4.43. The molecular formula is C22H28FN3O5. The van der Waals surface area contributed by atoms with Crippen LogP contribution in [-0.4, -0.2) is 85.3 Å². The zero-order chi connectivity index (χ0) is 22.8. The van der Waals surface area contributed by atoms with Crippen molar-refractivity contribution in [2.75, 3.05) is 40.8 Å². The number of rotatable bonds is 7. The Hall–Kier alpha value is -2.81. The third kappa shape index (κ3) is 4.32. The van der Waals surface area contributed by atoms with Crippen LogP contribution in [0.5, 0.6) is 0 Å². The maximum Gasteiger partial charge on any atom is 0.328 e. The number of methoxy groups -OCH3 is 1. The third-order valence-corrected chi connectivity index (χ3v) is 6.07. The second-order valence-corrected chi connectivity index (χ2v) is 8.34. The molecule has 0 aliphatic carbocycles. The second-order valence-electron chi connectivity index (χ2n) is 8.34. The van der Waals surface area contributed by atoms with Crippen LogP contribution >= 0.6 is 0 Å². The van der Waals surface area contributed by atoms with Crippen LogP contribution < -0.4 is 0 Å². The fourth-order valence-corrected chi connectivity index (χ4v) is 4.43. The summed E-state index contributed by atoms with van der Waals surface area (Å²) in [5.74, 6) is -2.64. The number of nitrogens with zero attached hydrogens (tertiary/aromatic N) is 3. The second kappa shape index (κ2) is 9.13. The third-order valence-electron chi connectivity index (χ3n) is 6.07. The molecule has 2 aliphatic heterocycles. The molecule has 1 aromatic rings. The minimum atomic E-state index is -1.63. The van der Waals surface area contributed by atoms with E-state index in [2.05, 4.69) is 0 Å². The molecule has 0 aromatic heterocycles. The number of carbonyl (C=O) groups is 4. The number of hydrogen-bond acceptors (Lipinski definition) is 6. The SMILES string of the molecule is COC(=O)[C@@H]1CCCN1C(=O)CC1(c2ccccc2F)CC(=O)N(CCN(C)C)C1=O. The Bertz CT molecular complexity index is 890. The highest BCUT2D eigenvalue weighted by Crippen LogP contribution is 2.42. The van der Waals surface area contributed by atoms with Gasteiger partial charge in [0.15, 0.2) is 0 Å². The first-order valence-corrected chi connectivity index (χ1v) is 10.3. The lowest BCUT2D eigenvalue weighted by Crippen LogP contribution is -2.47. The molecule has 2 atom stereocenters. The van der Waals surface area contributed by atoms with Gasteiger partial charge in [-0.05, 0) is 33.0 Å². The lowest BCUT2D eigenvalue weighted by atomic mass is 9.75. The summed E-state index contributed by atoms with van der Waals surface area (Å²) in [6, 6.07) is 5.01. The lowest BCUT2D eigenvalue weighted by molar-refractivity contribution is -0.151. The van der Waals surface area contributed by atoms with Crippen molar-refractivity contribution in [3.63, 3.8) is 0 Å². The van der Waals surface area contributed by atoms with Crippen molar-refractivity contribution in [2.24, 2.45) is 0 Å². The maximum atomic E-state index is 14.8. The summed E-state index contributed by atoms with van der Waals surface area (Å²) in [5.41, 5.74) is -1.60. The number of esters is 1. The molecule has 0 radical (unpaired) electrons. The van der Waals surface area contributed by atoms with Gasteiger partial charge in [-0.3, -0.25) is 19.3 Å². The molecule has 2 heterocycles. The van der Waals surface area contributed by atoms with Crippen LogP contribution in [-0.2, 0) is 29.3 Å². The number of benzene rings is 1. The predicted molar refractivity (Wildman–Crippen MR) is 109 cm³/mol. The summed E-state index contributed by atoms with van der Waals surface area (Å²) in [4.78, 5) is 55.9. The Morgan fingerprint density at radius 3 is 2.61 bits per heavy atom. The topological polar surface area (TPSA) is 87.2 Å². The van der Waals surface area contributed by atoms with E-state index < -0.39 is 41.0 Å². The molecule has 31 heavy (non-hydrogen) atoms. The van der Waals surface area contributed by atoms with Crippen LogP contribution in [0.4, 0.5) is 4.39 Å². The number of imide groups is 1. The number of carbonyl (C=O) groups excluding carboxylic acids is 4. The molecule has 1 aromatic carbocycles. The van der Waals surface area contributed by atoms with Crippen LogP contribution in [0.25, 0.3) is 0 Å². The van der Waals surface area contributed by atoms with E-state index in [0.717, 1.165) is 4.90 Å². The number of amides is 3. The van der Waals surface area contributed by atoms with Gasteiger partial charge < -0.3 is 14.5 Å². The molecule has 2 saturated heterocycles. The highest BCUT2D eigenvalue weighted by molar-refractivity contribution is 6.11. The van der Waals surface area contributed by atoms with E-state index in [1.54, 1.807) is 6.07 Å². The molecule has 0 N–H and O–H groups in total. The average molecular weight is 433 g/mol. The first kappa shape index (κ1) is 22.9. The van der Waals surface area contributed by atoms with Gasteiger partial charge in [0.05, 0.1) is 12.5 Å². The van der Waals surface area contributed by atoms with Gasteiger partial charge in [0, 0.05) is 38.0 Å². The van der Waals surface area contributed by atoms with Gasteiger partial charge in [-0.1, -0.05) is 18.2 Å². The first-order chi connectivity index (χ1) is 14.7. The standard InChI is InChI=1S/C22H28FN3O5/c1-24(2)11-12-26-19(28)14-22(21(26)30,15-7-4-5-8-16(15)23)13-18(27)25-10-6-9-17(25)20(29)31-3/h4-5,7-8,17H,6,9-14H2,1-3H3/t17-,22?/m0/s1. The van der Waals surface area contributed by atoms with Crippen molar-refractivity contribution in [2.45, 2.75) is 37.1 Å². The Morgan fingerprint density at radius 2 is 1.97 bits per heavy atom. The van der Waals surface area contributed by atoms with Crippen molar-refractivity contribution in [3.05, 3.63) is 35.6 Å². The van der Waals surface area contributed by atoms with Crippen molar-refractivity contribution in [1.29, 1.82) is 0 Å². The van der Waals surface area contributed by atoms with Gasteiger partial charge >= 0.3 is 5.97 Å². The highest BCUT2D eigenvalue weighted by atomic mass is 19.1. The lowest BCUT2D eigenvalue weighted by Gasteiger charge is -2.31. The summed E-state index contributed by atoms with van der Waals surface area (Å²) in [7, 11) is 4.89. The van der Waals surface area contributed by atoms with Gasteiger partial charge in [-0.15, -0.1) is 0 Å². The van der Waals surface area contributed by atoms with Gasteiger partial charge in [0.1, 0.15) is 11.9 Å². The smallest absolute Gasteiger partial charge is 0.328 e. The molecule has 8 nitrogen and oxygen atoms in total. The largest absolute Gasteiger partial charge is 0.467 e. The summed E-state index contributed by atoms with van der Waals surface area (Å²) >= 11 is 0. The summed E-state index contributed by atoms with van der Waals surface area (Å²) < 4.78 is 19.6. The number of halogens is 1. The average Bonchev–Trinajstić information content (AvgIpc) is 3.30.